The van der Waals surface area contributed by atoms with E-state index in [1.54, 1.807) is 0 Å². The number of thiophene rings is 2. The molecule has 13 rings (SSSR count). The highest BCUT2D eigenvalue weighted by Gasteiger charge is 2.28. The number of rotatable bonds is 2. The molecular formula is C49H28N2S4. The van der Waals surface area contributed by atoms with Gasteiger partial charge in [-0.15, -0.1) is 22.7 Å². The molecular weight excluding hydrogens is 745 g/mol. The first-order chi connectivity index (χ1) is 27.3. The maximum absolute atomic E-state index is 2.52. The molecule has 258 valence electrons. The number of hydrogen-bond acceptors (Lipinski definition) is 4. The lowest BCUT2D eigenvalue weighted by molar-refractivity contribution is 1.17. The fraction of sp³-hybridized carbons (Fsp3) is 0.0204. The van der Waals surface area contributed by atoms with Gasteiger partial charge in [0.2, 0.25) is 0 Å². The normalized spacial score (nSPS) is 13.8. The van der Waals surface area contributed by atoms with Crippen LogP contribution >= 0.6 is 46.2 Å². The quantitative estimate of drug-likeness (QED) is 0.173. The van der Waals surface area contributed by atoms with Gasteiger partial charge < -0.3 is 9.13 Å². The summed E-state index contributed by atoms with van der Waals surface area (Å²) in [5.41, 5.74) is 7.51. The second-order valence-electron chi connectivity index (χ2n) is 14.3. The monoisotopic (exact) mass is 772 g/mol. The molecule has 1 aliphatic carbocycles. The largest absolute Gasteiger partial charge is 0.308 e. The van der Waals surface area contributed by atoms with E-state index in [-0.39, 0.29) is 0 Å². The third kappa shape index (κ3) is 4.23. The lowest BCUT2D eigenvalue weighted by Gasteiger charge is -2.21. The third-order valence-corrected chi connectivity index (χ3v) is 16.5. The Kier molecular flexibility index (Phi) is 6.44. The average molecular weight is 773 g/mol. The summed E-state index contributed by atoms with van der Waals surface area (Å²) in [5.74, 6) is 0. The van der Waals surface area contributed by atoms with Crippen LogP contribution in [-0.2, 0) is 0 Å². The van der Waals surface area contributed by atoms with E-state index in [1.165, 1.54) is 115 Å². The van der Waals surface area contributed by atoms with Gasteiger partial charge in [-0.1, -0.05) is 127 Å². The number of para-hydroxylation sites is 2. The summed E-state index contributed by atoms with van der Waals surface area (Å²) in [6, 6.07) is 49.9. The lowest BCUT2D eigenvalue weighted by Crippen LogP contribution is -2.17. The number of nitrogens with zero attached hydrogens (tertiary/aromatic N) is 2. The van der Waals surface area contributed by atoms with Gasteiger partial charge in [0.1, 0.15) is 0 Å². The van der Waals surface area contributed by atoms with E-state index >= 15 is 0 Å². The Morgan fingerprint density at radius 2 is 1.02 bits per heavy atom. The summed E-state index contributed by atoms with van der Waals surface area (Å²) in [7, 11) is 0. The van der Waals surface area contributed by atoms with Crippen LogP contribution in [0.25, 0.3) is 97.4 Å². The third-order valence-electron chi connectivity index (χ3n) is 11.4. The summed E-state index contributed by atoms with van der Waals surface area (Å²) in [6.45, 7) is 0. The van der Waals surface area contributed by atoms with Crippen molar-refractivity contribution in [3.63, 3.8) is 0 Å². The van der Waals surface area contributed by atoms with Crippen LogP contribution in [0.1, 0.15) is 6.42 Å². The molecule has 55 heavy (non-hydrogen) atoms. The molecule has 0 radical (unpaired) electrons. The van der Waals surface area contributed by atoms with Gasteiger partial charge in [-0.05, 0) is 61.0 Å². The van der Waals surface area contributed by atoms with Crippen molar-refractivity contribution in [2.24, 2.45) is 0 Å². The van der Waals surface area contributed by atoms with E-state index < -0.39 is 0 Å². The van der Waals surface area contributed by atoms with E-state index in [2.05, 4.69) is 167 Å². The fourth-order valence-corrected chi connectivity index (χ4v) is 14.1. The summed E-state index contributed by atoms with van der Waals surface area (Å²) in [4.78, 5) is 5.34. The van der Waals surface area contributed by atoms with Gasteiger partial charge in [-0.2, -0.15) is 0 Å². The standard InChI is InChI=1S/C49H28N2S4/c1-2-12-28-30-16-10-20-38(46(30)52-40(28)22-3-1)50-34-18-7-4-14-32(34)44-36(50)24-26-42-48(44)54-43-27-25-37-45(49(43)55-42)33-15-5-8-19-35(33)51(37)39-21-11-17-31-29-13-6-9-23-41(29)53-47(31)39/h1-2,4-27H,3H2. The average Bonchev–Trinajstić information content (AvgIpc) is 3.93. The number of hydrogen-bond donors (Lipinski definition) is 0. The zero-order valence-electron chi connectivity index (χ0n) is 29.2. The number of allylic oxidation sites excluding steroid dienone is 2. The van der Waals surface area contributed by atoms with E-state index in [1.807, 2.05) is 46.2 Å². The SMILES string of the molecule is C1=CCC=c2sc3c(-n4c5ccccc5c5c6c(ccc54)Sc4c(ccc5c4c4ccccc4n5-c4cccc5c4sc4ccccc45)S6)cccc3c2=C1. The van der Waals surface area contributed by atoms with Gasteiger partial charge in [0, 0.05) is 71.7 Å². The lowest BCUT2D eigenvalue weighted by atomic mass is 10.1. The highest BCUT2D eigenvalue weighted by Crippen LogP contribution is 2.56. The second-order valence-corrected chi connectivity index (χ2v) is 18.5. The van der Waals surface area contributed by atoms with Crippen molar-refractivity contribution in [1.29, 1.82) is 0 Å². The number of fused-ring (bicyclic) bond motifs is 16. The summed E-state index contributed by atoms with van der Waals surface area (Å²) >= 11 is 7.70. The Balaban J connectivity index is 1.03. The van der Waals surface area contributed by atoms with E-state index in [9.17, 15) is 0 Å². The van der Waals surface area contributed by atoms with Crippen LogP contribution in [0, 0.1) is 0 Å². The predicted octanol–water partition coefficient (Wildman–Crippen LogP) is 13.6. The van der Waals surface area contributed by atoms with Gasteiger partial charge in [-0.25, -0.2) is 0 Å². The molecule has 2 aliphatic rings. The van der Waals surface area contributed by atoms with Gasteiger partial charge in [0.25, 0.3) is 0 Å². The molecule has 11 aromatic rings. The van der Waals surface area contributed by atoms with Crippen molar-refractivity contribution >= 4 is 132 Å². The van der Waals surface area contributed by atoms with E-state index in [4.69, 9.17) is 0 Å². The highest BCUT2D eigenvalue weighted by molar-refractivity contribution is 8.05. The first-order valence-corrected chi connectivity index (χ1v) is 21.8. The second kappa shape index (κ2) is 11.5. The van der Waals surface area contributed by atoms with Crippen LogP contribution in [0.3, 0.4) is 0 Å². The van der Waals surface area contributed by atoms with Gasteiger partial charge >= 0.3 is 0 Å². The minimum absolute atomic E-state index is 0.971. The minimum atomic E-state index is 0.971. The minimum Gasteiger partial charge on any atom is -0.308 e. The first-order valence-electron chi connectivity index (χ1n) is 18.6. The smallest absolute Gasteiger partial charge is 0.0640 e. The number of benzene rings is 7. The first kappa shape index (κ1) is 30.8. The van der Waals surface area contributed by atoms with Gasteiger partial charge in [0.05, 0.1) is 42.8 Å². The molecule has 0 N–H and O–H groups in total. The molecule has 0 unspecified atom stereocenters. The van der Waals surface area contributed by atoms with Crippen LogP contribution in [-0.4, -0.2) is 9.13 Å². The summed E-state index contributed by atoms with van der Waals surface area (Å²) in [6.07, 6.45) is 10.1. The molecule has 2 nitrogen and oxygen atoms in total. The maximum Gasteiger partial charge on any atom is 0.0640 e. The Labute approximate surface area is 331 Å². The maximum atomic E-state index is 2.52. The Morgan fingerprint density at radius 1 is 0.455 bits per heavy atom. The van der Waals surface area contributed by atoms with Crippen LogP contribution in [0.15, 0.2) is 165 Å². The topological polar surface area (TPSA) is 9.86 Å². The van der Waals surface area contributed by atoms with E-state index in [0.29, 0.717) is 0 Å². The van der Waals surface area contributed by atoms with Gasteiger partial charge in [0.15, 0.2) is 0 Å². The molecule has 0 spiro atoms. The van der Waals surface area contributed by atoms with Crippen molar-refractivity contribution in [3.05, 3.63) is 155 Å². The molecule has 0 fully saturated rings. The molecule has 0 saturated carbocycles. The molecule has 0 saturated heterocycles. The number of aromatic nitrogens is 2. The molecule has 6 heteroatoms. The van der Waals surface area contributed by atoms with Crippen LogP contribution in [0.4, 0.5) is 0 Å². The molecule has 5 heterocycles. The Morgan fingerprint density at radius 3 is 1.69 bits per heavy atom. The fourth-order valence-electron chi connectivity index (χ4n) is 9.09. The van der Waals surface area contributed by atoms with Crippen molar-refractivity contribution in [2.75, 3.05) is 0 Å². The van der Waals surface area contributed by atoms with E-state index in [0.717, 1.165) is 6.42 Å². The summed E-state index contributed by atoms with van der Waals surface area (Å²) < 4.78 is 10.4. The molecule has 0 atom stereocenters. The zero-order valence-corrected chi connectivity index (χ0v) is 32.5. The van der Waals surface area contributed by atoms with Crippen LogP contribution < -0.4 is 9.75 Å². The van der Waals surface area contributed by atoms with Crippen molar-refractivity contribution < 1.29 is 0 Å². The van der Waals surface area contributed by atoms with Crippen LogP contribution in [0.2, 0.25) is 0 Å². The van der Waals surface area contributed by atoms with Gasteiger partial charge in [-0.3, -0.25) is 0 Å². The molecule has 0 bridgehead atoms. The van der Waals surface area contributed by atoms with Crippen LogP contribution in [0.5, 0.6) is 0 Å². The Hall–Kier alpha value is -5.50. The summed E-state index contributed by atoms with van der Waals surface area (Å²) in [5, 5.41) is 10.6. The molecule has 4 aromatic heterocycles. The molecule has 1 aliphatic heterocycles. The molecule has 0 amide bonds. The van der Waals surface area contributed by atoms with Crippen molar-refractivity contribution in [3.8, 4) is 11.4 Å². The Bertz CT molecular complexity index is 3650. The van der Waals surface area contributed by atoms with Crippen molar-refractivity contribution in [2.45, 2.75) is 26.0 Å². The predicted molar refractivity (Wildman–Crippen MR) is 240 cm³/mol. The zero-order chi connectivity index (χ0) is 35.8. The van der Waals surface area contributed by atoms with Crippen molar-refractivity contribution in [1.82, 2.24) is 9.13 Å². The highest BCUT2D eigenvalue weighted by atomic mass is 32.2. The molecule has 7 aromatic carbocycles.